The summed E-state index contributed by atoms with van der Waals surface area (Å²) >= 11 is 0. The number of allylic oxidation sites excluding steroid dienone is 1. The highest BCUT2D eigenvalue weighted by atomic mass is 79.9. The van der Waals surface area contributed by atoms with Crippen LogP contribution in [0, 0.1) is 0 Å². The quantitative estimate of drug-likeness (QED) is 0.585. The highest BCUT2D eigenvalue weighted by molar-refractivity contribution is 8.93. The summed E-state index contributed by atoms with van der Waals surface area (Å²) in [4.78, 5) is 12.0. The standard InChI is InChI=1S/C17H16O.BrH/c1-2-17(18)16(15-11-7-4-8-12-15)13-14-9-5-3-6-10-14;/h3-13H,2H2,1H3;1H. The Hall–Kier alpha value is -1.67. The molecule has 0 radical (unpaired) electrons. The molecule has 1 nitrogen and oxygen atoms in total. The molecule has 0 atom stereocenters. The molecule has 0 fully saturated rings. The second kappa shape index (κ2) is 7.70. The van der Waals surface area contributed by atoms with Crippen LogP contribution in [0.25, 0.3) is 11.6 Å². The molecule has 0 aliphatic rings. The van der Waals surface area contributed by atoms with Gasteiger partial charge in [0.15, 0.2) is 5.78 Å². The van der Waals surface area contributed by atoms with Crippen LogP contribution in [0.5, 0.6) is 0 Å². The normalized spacial score (nSPS) is 10.7. The third kappa shape index (κ3) is 4.18. The SMILES string of the molecule is Br.CCC(=O)C(=Cc1ccccc1)c1ccccc1. The van der Waals surface area contributed by atoms with Crippen LogP contribution in [0.15, 0.2) is 60.7 Å². The summed E-state index contributed by atoms with van der Waals surface area (Å²) in [6, 6.07) is 19.8. The molecule has 0 aliphatic heterocycles. The summed E-state index contributed by atoms with van der Waals surface area (Å²) in [7, 11) is 0. The van der Waals surface area contributed by atoms with E-state index in [1.54, 1.807) is 0 Å². The van der Waals surface area contributed by atoms with E-state index >= 15 is 0 Å². The predicted molar refractivity (Wildman–Crippen MR) is 86.4 cm³/mol. The minimum Gasteiger partial charge on any atom is -0.294 e. The summed E-state index contributed by atoms with van der Waals surface area (Å²) < 4.78 is 0. The fourth-order valence-electron chi connectivity index (χ4n) is 1.85. The second-order valence-electron chi connectivity index (χ2n) is 4.11. The fourth-order valence-corrected chi connectivity index (χ4v) is 1.85. The summed E-state index contributed by atoms with van der Waals surface area (Å²) in [6.45, 7) is 1.89. The Morgan fingerprint density at radius 3 is 2.00 bits per heavy atom. The largest absolute Gasteiger partial charge is 0.294 e. The number of benzene rings is 2. The fraction of sp³-hybridized carbons (Fsp3) is 0.118. The molecule has 0 unspecified atom stereocenters. The Bertz CT molecular complexity index is 544. The first-order valence-electron chi connectivity index (χ1n) is 6.16. The van der Waals surface area contributed by atoms with Crippen molar-refractivity contribution >= 4 is 34.4 Å². The number of hydrogen-bond acceptors (Lipinski definition) is 1. The Morgan fingerprint density at radius 2 is 1.47 bits per heavy atom. The average Bonchev–Trinajstić information content (AvgIpc) is 2.46. The van der Waals surface area contributed by atoms with Crippen molar-refractivity contribution in [3.63, 3.8) is 0 Å². The van der Waals surface area contributed by atoms with Crippen molar-refractivity contribution in [3.8, 4) is 0 Å². The zero-order valence-electron chi connectivity index (χ0n) is 10.9. The first kappa shape index (κ1) is 15.4. The van der Waals surface area contributed by atoms with E-state index in [4.69, 9.17) is 0 Å². The summed E-state index contributed by atoms with van der Waals surface area (Å²) in [6.07, 6.45) is 2.48. The molecule has 2 aromatic carbocycles. The topological polar surface area (TPSA) is 17.1 Å². The van der Waals surface area contributed by atoms with E-state index in [1.165, 1.54) is 0 Å². The van der Waals surface area contributed by atoms with Gasteiger partial charge in [0.05, 0.1) is 0 Å². The van der Waals surface area contributed by atoms with Crippen LogP contribution in [0.3, 0.4) is 0 Å². The lowest BCUT2D eigenvalue weighted by Gasteiger charge is -2.05. The van der Waals surface area contributed by atoms with E-state index in [2.05, 4.69) is 0 Å². The predicted octanol–water partition coefficient (Wildman–Crippen LogP) is 4.78. The maximum absolute atomic E-state index is 12.0. The van der Waals surface area contributed by atoms with Crippen molar-refractivity contribution in [2.75, 3.05) is 0 Å². The molecular formula is C17H17BrO. The lowest BCUT2D eigenvalue weighted by atomic mass is 9.98. The van der Waals surface area contributed by atoms with Gasteiger partial charge in [-0.05, 0) is 17.2 Å². The van der Waals surface area contributed by atoms with Gasteiger partial charge in [-0.25, -0.2) is 0 Å². The molecule has 98 valence electrons. The summed E-state index contributed by atoms with van der Waals surface area (Å²) in [5.41, 5.74) is 2.82. The Balaban J connectivity index is 0.00000180. The highest BCUT2D eigenvalue weighted by Gasteiger charge is 2.09. The third-order valence-corrected chi connectivity index (χ3v) is 2.82. The van der Waals surface area contributed by atoms with E-state index in [9.17, 15) is 4.79 Å². The van der Waals surface area contributed by atoms with Gasteiger partial charge in [0.2, 0.25) is 0 Å². The van der Waals surface area contributed by atoms with Crippen LogP contribution >= 0.6 is 17.0 Å². The van der Waals surface area contributed by atoms with E-state index in [0.29, 0.717) is 6.42 Å². The number of hydrogen-bond donors (Lipinski definition) is 0. The maximum Gasteiger partial charge on any atom is 0.163 e. The van der Waals surface area contributed by atoms with E-state index < -0.39 is 0 Å². The Labute approximate surface area is 124 Å². The molecule has 2 heteroatoms. The van der Waals surface area contributed by atoms with Gasteiger partial charge >= 0.3 is 0 Å². The molecule has 0 spiro atoms. The highest BCUT2D eigenvalue weighted by Crippen LogP contribution is 2.20. The molecule has 0 saturated carbocycles. The molecule has 0 saturated heterocycles. The lowest BCUT2D eigenvalue weighted by molar-refractivity contribution is -0.113. The minimum atomic E-state index is 0. The number of carbonyl (C=O) groups is 1. The second-order valence-corrected chi connectivity index (χ2v) is 4.11. The van der Waals surface area contributed by atoms with Gasteiger partial charge < -0.3 is 0 Å². The first-order chi connectivity index (χ1) is 8.81. The smallest absolute Gasteiger partial charge is 0.163 e. The van der Waals surface area contributed by atoms with Crippen molar-refractivity contribution < 1.29 is 4.79 Å². The zero-order valence-corrected chi connectivity index (χ0v) is 12.6. The van der Waals surface area contributed by atoms with Gasteiger partial charge in [0.25, 0.3) is 0 Å². The van der Waals surface area contributed by atoms with Gasteiger partial charge in [0, 0.05) is 12.0 Å². The number of carbonyl (C=O) groups excluding carboxylic acids is 1. The third-order valence-electron chi connectivity index (χ3n) is 2.82. The van der Waals surface area contributed by atoms with Crippen molar-refractivity contribution in [1.82, 2.24) is 0 Å². The van der Waals surface area contributed by atoms with Crippen LogP contribution in [-0.4, -0.2) is 5.78 Å². The van der Waals surface area contributed by atoms with E-state index in [0.717, 1.165) is 16.7 Å². The summed E-state index contributed by atoms with van der Waals surface area (Å²) in [5.74, 6) is 0.171. The lowest BCUT2D eigenvalue weighted by Crippen LogP contribution is -1.99. The monoisotopic (exact) mass is 316 g/mol. The van der Waals surface area contributed by atoms with Gasteiger partial charge in [0.1, 0.15) is 0 Å². The number of ketones is 1. The number of rotatable bonds is 4. The van der Waals surface area contributed by atoms with E-state index in [1.807, 2.05) is 73.7 Å². The van der Waals surface area contributed by atoms with Crippen molar-refractivity contribution in [2.24, 2.45) is 0 Å². The molecule has 0 bridgehead atoms. The van der Waals surface area contributed by atoms with Crippen LogP contribution in [0.4, 0.5) is 0 Å². The summed E-state index contributed by atoms with van der Waals surface area (Å²) in [5, 5.41) is 0. The van der Waals surface area contributed by atoms with Crippen LogP contribution < -0.4 is 0 Å². The van der Waals surface area contributed by atoms with Gasteiger partial charge in [-0.1, -0.05) is 67.6 Å². The Kier molecular flexibility index (Phi) is 6.23. The molecule has 2 aromatic rings. The molecule has 19 heavy (non-hydrogen) atoms. The van der Waals surface area contributed by atoms with Gasteiger partial charge in [-0.3, -0.25) is 4.79 Å². The van der Waals surface area contributed by atoms with Crippen LogP contribution in [0.2, 0.25) is 0 Å². The van der Waals surface area contributed by atoms with Crippen molar-refractivity contribution in [1.29, 1.82) is 0 Å². The van der Waals surface area contributed by atoms with Crippen LogP contribution in [-0.2, 0) is 4.79 Å². The Morgan fingerprint density at radius 1 is 0.947 bits per heavy atom. The first-order valence-corrected chi connectivity index (χ1v) is 6.16. The molecule has 0 heterocycles. The molecule has 0 N–H and O–H groups in total. The molecule has 2 rings (SSSR count). The number of halogens is 1. The minimum absolute atomic E-state index is 0. The number of Topliss-reactive ketones (excluding diaryl/α,β-unsaturated/α-hetero) is 1. The van der Waals surface area contributed by atoms with Crippen LogP contribution in [0.1, 0.15) is 24.5 Å². The van der Waals surface area contributed by atoms with Crippen molar-refractivity contribution in [2.45, 2.75) is 13.3 Å². The molecule has 0 aromatic heterocycles. The molecule has 0 amide bonds. The molecule has 0 aliphatic carbocycles. The van der Waals surface area contributed by atoms with E-state index in [-0.39, 0.29) is 22.8 Å². The zero-order chi connectivity index (χ0) is 12.8. The maximum atomic E-state index is 12.0. The van der Waals surface area contributed by atoms with Crippen molar-refractivity contribution in [3.05, 3.63) is 71.8 Å². The van der Waals surface area contributed by atoms with Gasteiger partial charge in [-0.15, -0.1) is 17.0 Å². The average molecular weight is 317 g/mol. The molecular weight excluding hydrogens is 300 g/mol. The van der Waals surface area contributed by atoms with Gasteiger partial charge in [-0.2, -0.15) is 0 Å².